The number of oxazole rings is 1. The summed E-state index contributed by atoms with van der Waals surface area (Å²) < 4.78 is 8.58. The van der Waals surface area contributed by atoms with Crippen molar-refractivity contribution < 1.29 is 4.42 Å². The summed E-state index contributed by atoms with van der Waals surface area (Å²) in [7, 11) is 0. The minimum absolute atomic E-state index is 0.614. The van der Waals surface area contributed by atoms with E-state index in [2.05, 4.69) is 103 Å². The summed E-state index contributed by atoms with van der Waals surface area (Å²) in [6, 6.07) is 58.3. The fourth-order valence-corrected chi connectivity index (χ4v) is 7.92. The number of rotatable bonds is 6. The second-order valence-corrected chi connectivity index (χ2v) is 13.8. The number of benzene rings is 7. The van der Waals surface area contributed by atoms with Gasteiger partial charge < -0.3 is 4.42 Å². The SMILES string of the molecule is c1ccc(-c2ccc(-c3ccc(-c4nc(-c5ccccc5)nc(-c5cccc6sc7cc8nc(-c9ccccc9)oc8cc7c56)n4)cc3)cc2)cc1. The fraction of sp³-hybridized carbons (Fsp3) is 0. The lowest BCUT2D eigenvalue weighted by atomic mass is 9.99. The average molecular weight is 685 g/mol. The highest BCUT2D eigenvalue weighted by Crippen LogP contribution is 2.42. The molecule has 6 heteroatoms. The monoisotopic (exact) mass is 684 g/mol. The van der Waals surface area contributed by atoms with Gasteiger partial charge in [0.2, 0.25) is 5.89 Å². The van der Waals surface area contributed by atoms with Crippen molar-refractivity contribution >= 4 is 42.6 Å². The average Bonchev–Trinajstić information content (AvgIpc) is 3.81. The topological polar surface area (TPSA) is 64.7 Å². The van der Waals surface area contributed by atoms with E-state index in [9.17, 15) is 0 Å². The molecule has 0 atom stereocenters. The largest absolute Gasteiger partial charge is 0.436 e. The minimum Gasteiger partial charge on any atom is -0.436 e. The quantitative estimate of drug-likeness (QED) is 0.174. The summed E-state index contributed by atoms with van der Waals surface area (Å²) in [5.41, 5.74) is 10.0. The molecule has 0 spiro atoms. The Kier molecular flexibility index (Phi) is 7.25. The molecule has 0 aliphatic rings. The molecule has 10 aromatic rings. The molecule has 244 valence electrons. The molecule has 0 saturated heterocycles. The van der Waals surface area contributed by atoms with Gasteiger partial charge in [-0.1, -0.05) is 140 Å². The molecule has 0 N–H and O–H groups in total. The third kappa shape index (κ3) is 5.43. The lowest BCUT2D eigenvalue weighted by Gasteiger charge is -2.10. The minimum atomic E-state index is 0.614. The maximum Gasteiger partial charge on any atom is 0.227 e. The van der Waals surface area contributed by atoms with Gasteiger partial charge in [0, 0.05) is 42.4 Å². The molecule has 3 heterocycles. The number of nitrogens with zero attached hydrogens (tertiary/aromatic N) is 4. The van der Waals surface area contributed by atoms with Crippen LogP contribution in [0, 0.1) is 0 Å². The van der Waals surface area contributed by atoms with Gasteiger partial charge in [-0.3, -0.25) is 0 Å². The van der Waals surface area contributed by atoms with Crippen LogP contribution >= 0.6 is 11.3 Å². The second-order valence-electron chi connectivity index (χ2n) is 12.7. The Morgan fingerprint density at radius 2 is 0.885 bits per heavy atom. The Morgan fingerprint density at radius 1 is 0.385 bits per heavy atom. The van der Waals surface area contributed by atoms with Gasteiger partial charge in [-0.25, -0.2) is 19.9 Å². The van der Waals surface area contributed by atoms with Crippen molar-refractivity contribution in [3.05, 3.63) is 170 Å². The van der Waals surface area contributed by atoms with Crippen LogP contribution in [0.15, 0.2) is 174 Å². The molecule has 0 amide bonds. The van der Waals surface area contributed by atoms with E-state index < -0.39 is 0 Å². The van der Waals surface area contributed by atoms with Crippen LogP contribution in [0.2, 0.25) is 0 Å². The first-order valence-corrected chi connectivity index (χ1v) is 17.9. The lowest BCUT2D eigenvalue weighted by molar-refractivity contribution is 0.620. The molecule has 0 aliphatic heterocycles. The Labute approximate surface area is 303 Å². The van der Waals surface area contributed by atoms with Crippen LogP contribution in [0.25, 0.3) is 99.1 Å². The molecule has 0 unspecified atom stereocenters. The summed E-state index contributed by atoms with van der Waals surface area (Å²) in [5.74, 6) is 2.49. The van der Waals surface area contributed by atoms with Crippen molar-refractivity contribution in [2.24, 2.45) is 0 Å². The van der Waals surface area contributed by atoms with Gasteiger partial charge in [-0.05, 0) is 52.6 Å². The molecule has 10 rings (SSSR count). The highest BCUT2D eigenvalue weighted by atomic mass is 32.1. The Balaban J connectivity index is 1.07. The normalized spacial score (nSPS) is 11.5. The first-order valence-electron chi connectivity index (χ1n) is 17.1. The standard InChI is InChI=1S/C46H28N4OS/c1-4-11-29(12-5-1)30-19-21-31(22-20-30)32-23-25-34(26-24-32)44-48-43(33-13-6-2-7-14-33)49-45(50-44)36-17-10-18-40-42(36)37-27-39-38(28-41(37)52-40)47-46(51-39)35-15-8-3-9-16-35/h1-28H. The van der Waals surface area contributed by atoms with Crippen molar-refractivity contribution in [3.8, 4) is 67.9 Å². The molecule has 0 bridgehead atoms. The van der Waals surface area contributed by atoms with E-state index in [1.807, 2.05) is 66.7 Å². The van der Waals surface area contributed by atoms with E-state index in [0.29, 0.717) is 23.4 Å². The predicted molar refractivity (Wildman–Crippen MR) is 213 cm³/mol. The summed E-state index contributed by atoms with van der Waals surface area (Å²) >= 11 is 1.74. The second kappa shape index (κ2) is 12.5. The van der Waals surface area contributed by atoms with E-state index in [1.165, 1.54) is 11.1 Å². The highest BCUT2D eigenvalue weighted by Gasteiger charge is 2.19. The number of fused-ring (bicyclic) bond motifs is 4. The zero-order valence-electron chi connectivity index (χ0n) is 27.8. The van der Waals surface area contributed by atoms with E-state index >= 15 is 0 Å². The van der Waals surface area contributed by atoms with E-state index in [0.717, 1.165) is 64.7 Å². The first-order chi connectivity index (χ1) is 25.7. The Hall–Kier alpha value is -6.76. The van der Waals surface area contributed by atoms with Crippen molar-refractivity contribution in [1.82, 2.24) is 19.9 Å². The smallest absolute Gasteiger partial charge is 0.227 e. The van der Waals surface area contributed by atoms with Crippen LogP contribution in [0.4, 0.5) is 0 Å². The van der Waals surface area contributed by atoms with Crippen LogP contribution in [0.1, 0.15) is 0 Å². The number of aromatic nitrogens is 4. The molecule has 7 aromatic carbocycles. The van der Waals surface area contributed by atoms with Crippen molar-refractivity contribution in [3.63, 3.8) is 0 Å². The van der Waals surface area contributed by atoms with Crippen molar-refractivity contribution in [2.75, 3.05) is 0 Å². The van der Waals surface area contributed by atoms with Crippen LogP contribution in [-0.2, 0) is 0 Å². The highest BCUT2D eigenvalue weighted by molar-refractivity contribution is 7.26. The van der Waals surface area contributed by atoms with Crippen LogP contribution in [0.5, 0.6) is 0 Å². The molecule has 5 nitrogen and oxygen atoms in total. The van der Waals surface area contributed by atoms with Gasteiger partial charge >= 0.3 is 0 Å². The summed E-state index contributed by atoms with van der Waals surface area (Å²) in [6.45, 7) is 0. The van der Waals surface area contributed by atoms with Crippen molar-refractivity contribution in [1.29, 1.82) is 0 Å². The van der Waals surface area contributed by atoms with E-state index in [1.54, 1.807) is 11.3 Å². The number of hydrogen-bond acceptors (Lipinski definition) is 6. The fourth-order valence-electron chi connectivity index (χ4n) is 6.78. The maximum absolute atomic E-state index is 6.30. The molecule has 0 fully saturated rings. The number of hydrogen-bond donors (Lipinski definition) is 0. The predicted octanol–water partition coefficient (Wildman–Crippen LogP) is 12.4. The van der Waals surface area contributed by atoms with Crippen molar-refractivity contribution in [2.45, 2.75) is 0 Å². The molecule has 3 aromatic heterocycles. The summed E-state index contributed by atoms with van der Waals surface area (Å²) in [5, 5.41) is 2.18. The number of thiophene rings is 1. The van der Waals surface area contributed by atoms with E-state index in [-0.39, 0.29) is 0 Å². The maximum atomic E-state index is 6.30. The van der Waals surface area contributed by atoms with Gasteiger partial charge in [-0.15, -0.1) is 11.3 Å². The zero-order valence-corrected chi connectivity index (χ0v) is 28.6. The summed E-state index contributed by atoms with van der Waals surface area (Å²) in [6.07, 6.45) is 0. The lowest BCUT2D eigenvalue weighted by Crippen LogP contribution is -2.00. The Bertz CT molecular complexity index is 2870. The third-order valence-corrected chi connectivity index (χ3v) is 10.5. The van der Waals surface area contributed by atoms with Gasteiger partial charge in [0.1, 0.15) is 5.52 Å². The van der Waals surface area contributed by atoms with E-state index in [4.69, 9.17) is 24.4 Å². The van der Waals surface area contributed by atoms with Gasteiger partial charge in [0.15, 0.2) is 23.1 Å². The van der Waals surface area contributed by atoms with Crippen LogP contribution in [-0.4, -0.2) is 19.9 Å². The first kappa shape index (κ1) is 30.1. The molecule has 0 radical (unpaired) electrons. The summed E-state index contributed by atoms with van der Waals surface area (Å²) in [4.78, 5) is 20.1. The van der Waals surface area contributed by atoms with Crippen LogP contribution in [0.3, 0.4) is 0 Å². The molecular weight excluding hydrogens is 657 g/mol. The van der Waals surface area contributed by atoms with Gasteiger partial charge in [0.25, 0.3) is 0 Å². The zero-order chi connectivity index (χ0) is 34.4. The molecule has 0 saturated carbocycles. The van der Waals surface area contributed by atoms with Gasteiger partial charge in [0.05, 0.1) is 0 Å². The van der Waals surface area contributed by atoms with Gasteiger partial charge in [-0.2, -0.15) is 0 Å². The van der Waals surface area contributed by atoms with Crippen LogP contribution < -0.4 is 0 Å². The molecule has 0 aliphatic carbocycles. The molecule has 52 heavy (non-hydrogen) atoms. The Morgan fingerprint density at radius 3 is 1.50 bits per heavy atom. The molecular formula is C46H28N4OS. The third-order valence-electron chi connectivity index (χ3n) is 9.40.